The maximum absolute atomic E-state index is 6.03. The highest BCUT2D eigenvalue weighted by atomic mass is 35.5. The molecule has 0 saturated heterocycles. The maximum Gasteiger partial charge on any atom is 0.0406 e. The molecule has 0 aliphatic rings. The van der Waals surface area contributed by atoms with Gasteiger partial charge in [-0.3, -0.25) is 4.90 Å². The fourth-order valence-electron chi connectivity index (χ4n) is 2.70. The molecule has 0 amide bonds. The van der Waals surface area contributed by atoms with Gasteiger partial charge in [0.25, 0.3) is 0 Å². The standard InChI is InChI=1S/C15H25ClN2/c1-5-18(12(2)3)15(4,11-17)10-13-6-8-14(16)9-7-13/h6-9,12H,5,10-11,17H2,1-4H3. The first kappa shape index (κ1) is 15.5. The molecule has 1 rings (SSSR count). The Morgan fingerprint density at radius 3 is 2.22 bits per heavy atom. The highest BCUT2D eigenvalue weighted by Gasteiger charge is 2.31. The van der Waals surface area contributed by atoms with E-state index in [1.54, 1.807) is 0 Å². The summed E-state index contributed by atoms with van der Waals surface area (Å²) in [6, 6.07) is 8.56. The van der Waals surface area contributed by atoms with Gasteiger partial charge in [-0.25, -0.2) is 0 Å². The number of hydrogen-bond donors (Lipinski definition) is 1. The van der Waals surface area contributed by atoms with Crippen molar-refractivity contribution >= 4 is 11.6 Å². The van der Waals surface area contributed by atoms with Crippen LogP contribution in [0.4, 0.5) is 0 Å². The molecule has 0 fully saturated rings. The third-order valence-electron chi connectivity index (χ3n) is 3.60. The van der Waals surface area contributed by atoms with Crippen LogP contribution in [-0.4, -0.2) is 29.6 Å². The van der Waals surface area contributed by atoms with Crippen molar-refractivity contribution in [3.05, 3.63) is 34.9 Å². The van der Waals surface area contributed by atoms with E-state index >= 15 is 0 Å². The predicted octanol–water partition coefficient (Wildman–Crippen LogP) is 3.33. The number of nitrogens with zero attached hydrogens (tertiary/aromatic N) is 1. The molecule has 1 unspecified atom stereocenters. The van der Waals surface area contributed by atoms with Crippen LogP contribution in [0.1, 0.15) is 33.3 Å². The minimum absolute atomic E-state index is 0.00323. The van der Waals surface area contributed by atoms with Crippen LogP contribution in [0.25, 0.3) is 0 Å². The smallest absolute Gasteiger partial charge is 0.0406 e. The topological polar surface area (TPSA) is 29.3 Å². The van der Waals surface area contributed by atoms with Gasteiger partial charge in [-0.05, 0) is 51.4 Å². The summed E-state index contributed by atoms with van der Waals surface area (Å²) in [5.41, 5.74) is 7.31. The van der Waals surface area contributed by atoms with E-state index in [-0.39, 0.29) is 5.54 Å². The molecule has 1 aromatic rings. The third kappa shape index (κ3) is 3.71. The Hall–Kier alpha value is -0.570. The highest BCUT2D eigenvalue weighted by molar-refractivity contribution is 6.30. The minimum atomic E-state index is -0.00323. The zero-order chi connectivity index (χ0) is 13.8. The lowest BCUT2D eigenvalue weighted by atomic mass is 9.89. The van der Waals surface area contributed by atoms with Gasteiger partial charge >= 0.3 is 0 Å². The fourth-order valence-corrected chi connectivity index (χ4v) is 2.83. The monoisotopic (exact) mass is 268 g/mol. The van der Waals surface area contributed by atoms with Crippen LogP contribution in [0.15, 0.2) is 24.3 Å². The van der Waals surface area contributed by atoms with E-state index < -0.39 is 0 Å². The largest absolute Gasteiger partial charge is 0.329 e. The van der Waals surface area contributed by atoms with E-state index in [1.807, 2.05) is 12.1 Å². The molecule has 0 heterocycles. The van der Waals surface area contributed by atoms with Crippen molar-refractivity contribution in [3.8, 4) is 0 Å². The normalized spacial score (nSPS) is 15.1. The zero-order valence-corrected chi connectivity index (χ0v) is 12.7. The minimum Gasteiger partial charge on any atom is -0.329 e. The Balaban J connectivity index is 2.90. The van der Waals surface area contributed by atoms with Gasteiger partial charge in [0.1, 0.15) is 0 Å². The van der Waals surface area contributed by atoms with Crippen LogP contribution < -0.4 is 5.73 Å². The number of hydrogen-bond acceptors (Lipinski definition) is 2. The molecule has 0 saturated carbocycles. The van der Waals surface area contributed by atoms with Gasteiger partial charge in [0.15, 0.2) is 0 Å². The van der Waals surface area contributed by atoms with Crippen molar-refractivity contribution in [2.75, 3.05) is 13.1 Å². The molecular formula is C15H25ClN2. The second-order valence-electron chi connectivity index (χ2n) is 5.38. The molecule has 0 aromatic heterocycles. The molecule has 0 aliphatic carbocycles. The molecule has 2 N–H and O–H groups in total. The van der Waals surface area contributed by atoms with Crippen molar-refractivity contribution in [2.45, 2.75) is 45.7 Å². The van der Waals surface area contributed by atoms with Crippen molar-refractivity contribution < 1.29 is 0 Å². The van der Waals surface area contributed by atoms with E-state index in [0.717, 1.165) is 18.0 Å². The summed E-state index contributed by atoms with van der Waals surface area (Å²) in [6.45, 7) is 10.5. The summed E-state index contributed by atoms with van der Waals surface area (Å²) in [4.78, 5) is 2.46. The molecule has 102 valence electrons. The molecule has 18 heavy (non-hydrogen) atoms. The van der Waals surface area contributed by atoms with Crippen molar-refractivity contribution in [3.63, 3.8) is 0 Å². The highest BCUT2D eigenvalue weighted by Crippen LogP contribution is 2.23. The quantitative estimate of drug-likeness (QED) is 0.858. The maximum atomic E-state index is 6.03. The van der Waals surface area contributed by atoms with Crippen molar-refractivity contribution in [1.29, 1.82) is 0 Å². The summed E-state index contributed by atoms with van der Waals surface area (Å²) < 4.78 is 0. The summed E-state index contributed by atoms with van der Waals surface area (Å²) in [5.74, 6) is 0. The Morgan fingerprint density at radius 1 is 1.28 bits per heavy atom. The number of rotatable bonds is 6. The van der Waals surface area contributed by atoms with Gasteiger partial charge in [0.2, 0.25) is 0 Å². The lowest BCUT2D eigenvalue weighted by molar-refractivity contribution is 0.0823. The lowest BCUT2D eigenvalue weighted by Gasteiger charge is -2.43. The number of halogens is 1. The average Bonchev–Trinajstić information content (AvgIpc) is 2.32. The van der Waals surface area contributed by atoms with Crippen molar-refractivity contribution in [1.82, 2.24) is 4.90 Å². The van der Waals surface area contributed by atoms with E-state index in [9.17, 15) is 0 Å². The Bertz CT molecular complexity index is 361. The summed E-state index contributed by atoms with van der Waals surface area (Å²) in [5, 5.41) is 0.782. The van der Waals surface area contributed by atoms with Gasteiger partial charge in [0.05, 0.1) is 0 Å². The Kier molecular flexibility index (Phi) is 5.64. The molecular weight excluding hydrogens is 244 g/mol. The molecule has 3 heteroatoms. The van der Waals surface area contributed by atoms with E-state index in [2.05, 4.69) is 44.7 Å². The first-order chi connectivity index (χ1) is 8.42. The van der Waals surface area contributed by atoms with Crippen LogP contribution >= 0.6 is 11.6 Å². The number of benzene rings is 1. The van der Waals surface area contributed by atoms with Gasteiger partial charge in [-0.15, -0.1) is 0 Å². The molecule has 0 radical (unpaired) electrons. The van der Waals surface area contributed by atoms with Crippen LogP contribution in [0.2, 0.25) is 5.02 Å². The number of nitrogens with two attached hydrogens (primary N) is 1. The molecule has 1 aromatic carbocycles. The Morgan fingerprint density at radius 2 is 1.83 bits per heavy atom. The molecule has 0 bridgehead atoms. The van der Waals surface area contributed by atoms with Gasteiger partial charge in [-0.1, -0.05) is 30.7 Å². The van der Waals surface area contributed by atoms with Crippen LogP contribution in [-0.2, 0) is 6.42 Å². The van der Waals surface area contributed by atoms with E-state index in [1.165, 1.54) is 5.56 Å². The molecule has 2 nitrogen and oxygen atoms in total. The summed E-state index contributed by atoms with van der Waals surface area (Å²) in [7, 11) is 0. The molecule has 0 aliphatic heterocycles. The van der Waals surface area contributed by atoms with Crippen LogP contribution in [0.3, 0.4) is 0 Å². The predicted molar refractivity (Wildman–Crippen MR) is 80.1 cm³/mol. The zero-order valence-electron chi connectivity index (χ0n) is 11.9. The second kappa shape index (κ2) is 6.55. The van der Waals surface area contributed by atoms with Crippen LogP contribution in [0, 0.1) is 0 Å². The van der Waals surface area contributed by atoms with E-state index in [0.29, 0.717) is 12.6 Å². The fraction of sp³-hybridized carbons (Fsp3) is 0.600. The van der Waals surface area contributed by atoms with E-state index in [4.69, 9.17) is 17.3 Å². The first-order valence-corrected chi connectivity index (χ1v) is 7.02. The van der Waals surface area contributed by atoms with Gasteiger partial charge in [0, 0.05) is 23.1 Å². The first-order valence-electron chi connectivity index (χ1n) is 6.64. The van der Waals surface area contributed by atoms with Gasteiger partial charge in [-0.2, -0.15) is 0 Å². The lowest BCUT2D eigenvalue weighted by Crippen LogP contribution is -2.55. The summed E-state index contributed by atoms with van der Waals surface area (Å²) >= 11 is 5.92. The second-order valence-corrected chi connectivity index (χ2v) is 5.82. The van der Waals surface area contributed by atoms with Crippen LogP contribution in [0.5, 0.6) is 0 Å². The molecule has 1 atom stereocenters. The SMILES string of the molecule is CCN(C(C)C)C(C)(CN)Cc1ccc(Cl)cc1. The Labute approximate surface area is 116 Å². The van der Waals surface area contributed by atoms with Gasteiger partial charge < -0.3 is 5.73 Å². The summed E-state index contributed by atoms with van der Waals surface area (Å²) in [6.07, 6.45) is 0.951. The number of likely N-dealkylation sites (N-methyl/N-ethyl adjacent to an activating group) is 1. The third-order valence-corrected chi connectivity index (χ3v) is 3.85. The average molecular weight is 269 g/mol. The van der Waals surface area contributed by atoms with Crippen molar-refractivity contribution in [2.24, 2.45) is 5.73 Å². The molecule has 0 spiro atoms.